The van der Waals surface area contributed by atoms with Gasteiger partial charge >= 0.3 is 12.3 Å². The summed E-state index contributed by atoms with van der Waals surface area (Å²) in [6, 6.07) is 4.38. The highest BCUT2D eigenvalue weighted by atomic mass is 19.3. The molecule has 0 aliphatic carbocycles. The summed E-state index contributed by atoms with van der Waals surface area (Å²) >= 11 is 0. The number of alkyl halides is 4. The van der Waals surface area contributed by atoms with Gasteiger partial charge in [0.15, 0.2) is 12.6 Å². The van der Waals surface area contributed by atoms with Crippen molar-refractivity contribution in [2.45, 2.75) is 46.1 Å². The smallest absolute Gasteiger partial charge is 0.340 e. The number of ether oxygens (including phenoxy) is 1. The van der Waals surface area contributed by atoms with Crippen LogP contribution in [0.5, 0.6) is 5.88 Å². The summed E-state index contributed by atoms with van der Waals surface area (Å²) in [6.07, 6.45) is -1.17. The number of nitrogens with zero attached hydrogens (tertiary/aromatic N) is 3. The zero-order valence-electron chi connectivity index (χ0n) is 19.3. The van der Waals surface area contributed by atoms with Crippen LogP contribution >= 0.6 is 0 Å². The Labute approximate surface area is 195 Å². The van der Waals surface area contributed by atoms with Crippen LogP contribution in [-0.4, -0.2) is 47.3 Å². The number of pyridine rings is 2. The number of aliphatic imine (C=N–C) groups is 1. The standard InChI is InChI=1S/C22H28F4N6O2/c1-12(2)9-30-21(27)32-17-8-15(5-6-28-17)14(4)31-18(33)16-7-13(3)19(29-10-16)34-11-22(25,26)20(23)24/h5-8,10,12,14,20H,9,11H2,1-4H3,(H,31,33)(H3,27,28,30,32). The summed E-state index contributed by atoms with van der Waals surface area (Å²) in [5.41, 5.74) is 6.99. The molecule has 1 unspecified atom stereocenters. The number of carbonyl (C=O) groups excluding carboxylic acids is 1. The first-order valence-electron chi connectivity index (χ1n) is 10.5. The number of hydrogen-bond donors (Lipinski definition) is 3. The molecule has 0 aromatic carbocycles. The molecule has 186 valence electrons. The van der Waals surface area contributed by atoms with E-state index in [0.717, 1.165) is 11.8 Å². The van der Waals surface area contributed by atoms with Crippen LogP contribution in [0.3, 0.4) is 0 Å². The summed E-state index contributed by atoms with van der Waals surface area (Å²) in [5, 5.41) is 5.70. The van der Waals surface area contributed by atoms with Gasteiger partial charge in [0, 0.05) is 24.5 Å². The zero-order valence-corrected chi connectivity index (χ0v) is 19.3. The van der Waals surface area contributed by atoms with E-state index in [9.17, 15) is 22.4 Å². The molecule has 2 heterocycles. The van der Waals surface area contributed by atoms with Crippen LogP contribution < -0.4 is 21.1 Å². The Balaban J connectivity index is 2.03. The van der Waals surface area contributed by atoms with Crippen molar-refractivity contribution < 1.29 is 27.1 Å². The minimum atomic E-state index is -4.30. The molecule has 2 aromatic rings. The van der Waals surface area contributed by atoms with Crippen LogP contribution in [-0.2, 0) is 0 Å². The lowest BCUT2D eigenvalue weighted by Gasteiger charge is -2.17. The molecule has 2 aromatic heterocycles. The predicted molar refractivity (Wildman–Crippen MR) is 120 cm³/mol. The Bertz CT molecular complexity index is 1020. The molecule has 4 N–H and O–H groups in total. The van der Waals surface area contributed by atoms with Crippen LogP contribution in [0.25, 0.3) is 0 Å². The Morgan fingerprint density at radius 3 is 2.56 bits per heavy atom. The molecule has 0 aliphatic heterocycles. The lowest BCUT2D eigenvalue weighted by molar-refractivity contribution is -0.148. The van der Waals surface area contributed by atoms with Crippen molar-refractivity contribution in [3.8, 4) is 5.88 Å². The maximum absolute atomic E-state index is 13.1. The van der Waals surface area contributed by atoms with E-state index >= 15 is 0 Å². The molecular formula is C22H28F4N6O2. The number of hydrogen-bond acceptors (Lipinski definition) is 5. The Morgan fingerprint density at radius 2 is 1.94 bits per heavy atom. The second kappa shape index (κ2) is 11.6. The van der Waals surface area contributed by atoms with E-state index in [1.54, 1.807) is 25.3 Å². The third kappa shape index (κ3) is 7.85. The van der Waals surface area contributed by atoms with Gasteiger partial charge in [0.2, 0.25) is 5.88 Å². The quantitative estimate of drug-likeness (QED) is 0.267. The van der Waals surface area contributed by atoms with Crippen molar-refractivity contribution in [3.05, 3.63) is 47.3 Å². The van der Waals surface area contributed by atoms with Crippen LogP contribution in [0.2, 0.25) is 0 Å². The van der Waals surface area contributed by atoms with Crippen LogP contribution in [0.1, 0.15) is 48.3 Å². The molecular weight excluding hydrogens is 456 g/mol. The molecule has 12 heteroatoms. The number of nitrogens with one attached hydrogen (secondary N) is 2. The molecule has 0 saturated carbocycles. The maximum atomic E-state index is 13.1. The van der Waals surface area contributed by atoms with E-state index in [-0.39, 0.29) is 23.0 Å². The highest BCUT2D eigenvalue weighted by Crippen LogP contribution is 2.25. The van der Waals surface area contributed by atoms with Gasteiger partial charge in [-0.2, -0.15) is 8.78 Å². The van der Waals surface area contributed by atoms with E-state index < -0.39 is 30.9 Å². The lowest BCUT2D eigenvalue weighted by Crippen LogP contribution is -2.34. The first-order chi connectivity index (χ1) is 15.9. The number of halogens is 4. The lowest BCUT2D eigenvalue weighted by atomic mass is 10.1. The van der Waals surface area contributed by atoms with E-state index in [2.05, 4.69) is 25.6 Å². The van der Waals surface area contributed by atoms with Crippen molar-refractivity contribution in [1.29, 1.82) is 0 Å². The van der Waals surface area contributed by atoms with Crippen molar-refractivity contribution in [2.24, 2.45) is 16.6 Å². The molecule has 0 spiro atoms. The SMILES string of the molecule is Cc1cc(C(=O)NC(C)c2ccnc(NC(N)=NCC(C)C)c2)cnc1OCC(F)(F)C(F)F. The molecule has 0 bridgehead atoms. The number of aryl methyl sites for hydroxylation is 1. The molecule has 0 aliphatic rings. The molecule has 0 fully saturated rings. The van der Waals surface area contributed by atoms with E-state index in [0.29, 0.717) is 18.3 Å². The molecule has 0 radical (unpaired) electrons. The molecule has 0 saturated heterocycles. The second-order valence-corrected chi connectivity index (χ2v) is 8.11. The number of aromatic nitrogens is 2. The second-order valence-electron chi connectivity index (χ2n) is 8.11. The number of nitrogens with two attached hydrogens (primary N) is 1. The summed E-state index contributed by atoms with van der Waals surface area (Å²) in [5.74, 6) is -3.99. The monoisotopic (exact) mass is 484 g/mol. The predicted octanol–water partition coefficient (Wildman–Crippen LogP) is 3.94. The Kier molecular flexibility index (Phi) is 9.16. The average molecular weight is 484 g/mol. The third-order valence-corrected chi connectivity index (χ3v) is 4.53. The fourth-order valence-corrected chi connectivity index (χ4v) is 2.66. The first kappa shape index (κ1) is 26.8. The van der Waals surface area contributed by atoms with Gasteiger partial charge in [-0.1, -0.05) is 13.8 Å². The summed E-state index contributed by atoms with van der Waals surface area (Å²) in [6.45, 7) is 6.31. The number of carbonyl (C=O) groups is 1. The largest absolute Gasteiger partial charge is 0.471 e. The Morgan fingerprint density at radius 1 is 1.24 bits per heavy atom. The summed E-state index contributed by atoms with van der Waals surface area (Å²) in [4.78, 5) is 24.8. The highest BCUT2D eigenvalue weighted by Gasteiger charge is 2.42. The summed E-state index contributed by atoms with van der Waals surface area (Å²) < 4.78 is 55.4. The maximum Gasteiger partial charge on any atom is 0.340 e. The van der Waals surface area contributed by atoms with E-state index in [4.69, 9.17) is 10.5 Å². The van der Waals surface area contributed by atoms with Crippen molar-refractivity contribution in [3.63, 3.8) is 0 Å². The number of amides is 1. The van der Waals surface area contributed by atoms with Crippen LogP contribution in [0, 0.1) is 12.8 Å². The van der Waals surface area contributed by atoms with Gasteiger partial charge in [-0.25, -0.2) is 18.7 Å². The molecule has 34 heavy (non-hydrogen) atoms. The average Bonchev–Trinajstić information content (AvgIpc) is 2.76. The highest BCUT2D eigenvalue weighted by molar-refractivity contribution is 5.94. The minimum absolute atomic E-state index is 0.148. The van der Waals surface area contributed by atoms with Crippen LogP contribution in [0.15, 0.2) is 35.6 Å². The first-order valence-corrected chi connectivity index (χ1v) is 10.5. The zero-order chi connectivity index (χ0) is 25.5. The van der Waals surface area contributed by atoms with Crippen LogP contribution in [0.4, 0.5) is 23.4 Å². The van der Waals surface area contributed by atoms with Gasteiger partial charge in [-0.15, -0.1) is 0 Å². The molecule has 2 rings (SSSR count). The van der Waals surface area contributed by atoms with Gasteiger partial charge < -0.3 is 21.1 Å². The normalized spacial score (nSPS) is 13.2. The van der Waals surface area contributed by atoms with Gasteiger partial charge in [0.25, 0.3) is 5.91 Å². The summed E-state index contributed by atoms with van der Waals surface area (Å²) in [7, 11) is 0. The van der Waals surface area contributed by atoms with Crippen molar-refractivity contribution >= 4 is 17.7 Å². The van der Waals surface area contributed by atoms with Crippen molar-refractivity contribution in [2.75, 3.05) is 18.5 Å². The molecule has 1 atom stereocenters. The van der Waals surface area contributed by atoms with Gasteiger partial charge in [0.05, 0.1) is 11.6 Å². The fraction of sp³-hybridized carbons (Fsp3) is 0.455. The van der Waals surface area contributed by atoms with E-state index in [1.807, 2.05) is 13.8 Å². The minimum Gasteiger partial charge on any atom is -0.471 e. The topological polar surface area (TPSA) is 115 Å². The van der Waals surface area contributed by atoms with Gasteiger partial charge in [-0.3, -0.25) is 9.79 Å². The van der Waals surface area contributed by atoms with Gasteiger partial charge in [-0.05, 0) is 43.5 Å². The number of rotatable bonds is 10. The Hall–Kier alpha value is -3.44. The van der Waals surface area contributed by atoms with Gasteiger partial charge in [0.1, 0.15) is 5.82 Å². The third-order valence-electron chi connectivity index (χ3n) is 4.53. The van der Waals surface area contributed by atoms with Crippen molar-refractivity contribution in [1.82, 2.24) is 15.3 Å². The molecule has 8 nitrogen and oxygen atoms in total. The fourth-order valence-electron chi connectivity index (χ4n) is 2.66. The number of anilines is 1. The van der Waals surface area contributed by atoms with E-state index in [1.165, 1.54) is 13.0 Å². The number of guanidine groups is 1. The molecule has 1 amide bonds.